The number of rotatable bonds is 11. The van der Waals surface area contributed by atoms with Crippen LogP contribution in [0.1, 0.15) is 50.9 Å². The number of nitrogens with one attached hydrogen (secondary N) is 1. The molecule has 3 rings (SSSR count). The standard InChI is InChI=1S/C25H34N4O3S/c1-5-7-8-9-19-10-12-20(13-11-19)26-25(30)17-16-24-27-22-18-21(33(31,32)28(3)4)14-15-23(22)29(24)6-2/h10-15,18H,5-9,16-17H2,1-4H3,(H,26,30). The summed E-state index contributed by atoms with van der Waals surface area (Å²) in [6, 6.07) is 13.0. The number of aromatic nitrogens is 2. The Kier molecular flexibility index (Phi) is 8.26. The zero-order valence-corrected chi connectivity index (χ0v) is 20.8. The Bertz CT molecular complexity index is 1200. The normalized spacial score (nSPS) is 11.9. The minimum atomic E-state index is -3.53. The Balaban J connectivity index is 1.67. The van der Waals surface area contributed by atoms with Crippen molar-refractivity contribution in [3.8, 4) is 0 Å². The van der Waals surface area contributed by atoms with Gasteiger partial charge in [0, 0.05) is 39.2 Å². The van der Waals surface area contributed by atoms with Gasteiger partial charge in [0.2, 0.25) is 15.9 Å². The smallest absolute Gasteiger partial charge is 0.242 e. The van der Waals surface area contributed by atoms with Crippen LogP contribution < -0.4 is 5.32 Å². The molecule has 1 N–H and O–H groups in total. The van der Waals surface area contributed by atoms with Crippen LogP contribution in [0.3, 0.4) is 0 Å². The molecule has 0 spiro atoms. The molecule has 1 aromatic heterocycles. The Morgan fingerprint density at radius 1 is 1.03 bits per heavy atom. The van der Waals surface area contributed by atoms with Crippen molar-refractivity contribution in [1.82, 2.24) is 13.9 Å². The average molecular weight is 471 g/mol. The lowest BCUT2D eigenvalue weighted by Crippen LogP contribution is -2.22. The van der Waals surface area contributed by atoms with Crippen LogP contribution in [-0.2, 0) is 34.2 Å². The number of hydrogen-bond donors (Lipinski definition) is 1. The fraction of sp³-hybridized carbons (Fsp3) is 0.440. The number of amides is 1. The lowest BCUT2D eigenvalue weighted by molar-refractivity contribution is -0.116. The van der Waals surface area contributed by atoms with E-state index in [0.29, 0.717) is 24.9 Å². The van der Waals surface area contributed by atoms with Crippen LogP contribution in [0.5, 0.6) is 0 Å². The number of nitrogens with zero attached hydrogens (tertiary/aromatic N) is 3. The molecule has 0 aliphatic carbocycles. The van der Waals surface area contributed by atoms with Crippen LogP contribution in [0.15, 0.2) is 47.4 Å². The number of hydrogen-bond acceptors (Lipinski definition) is 4. The molecule has 0 aliphatic rings. The van der Waals surface area contributed by atoms with Gasteiger partial charge in [-0.3, -0.25) is 4.79 Å². The highest BCUT2D eigenvalue weighted by atomic mass is 32.2. The summed E-state index contributed by atoms with van der Waals surface area (Å²) >= 11 is 0. The molecule has 1 heterocycles. The van der Waals surface area contributed by atoms with Crippen molar-refractivity contribution in [1.29, 1.82) is 0 Å². The Labute approximate surface area is 196 Å². The van der Waals surface area contributed by atoms with Gasteiger partial charge < -0.3 is 9.88 Å². The molecule has 0 radical (unpaired) electrons. The summed E-state index contributed by atoms with van der Waals surface area (Å²) in [5.41, 5.74) is 3.56. The highest BCUT2D eigenvalue weighted by Crippen LogP contribution is 2.23. The van der Waals surface area contributed by atoms with Gasteiger partial charge in [0.25, 0.3) is 0 Å². The van der Waals surface area contributed by atoms with Crippen molar-refractivity contribution in [2.24, 2.45) is 0 Å². The predicted octanol–water partition coefficient (Wildman–Crippen LogP) is 4.61. The minimum Gasteiger partial charge on any atom is -0.328 e. The zero-order valence-electron chi connectivity index (χ0n) is 20.0. The summed E-state index contributed by atoms with van der Waals surface area (Å²) < 4.78 is 28.1. The van der Waals surface area contributed by atoms with E-state index in [1.54, 1.807) is 18.2 Å². The van der Waals surface area contributed by atoms with Gasteiger partial charge >= 0.3 is 0 Å². The Morgan fingerprint density at radius 3 is 2.39 bits per heavy atom. The number of fused-ring (bicyclic) bond motifs is 1. The summed E-state index contributed by atoms with van der Waals surface area (Å²) in [5.74, 6) is 0.702. The fourth-order valence-corrected chi connectivity index (χ4v) is 4.78. The number of imidazole rings is 1. The molecule has 0 bridgehead atoms. The van der Waals surface area contributed by atoms with Crippen molar-refractivity contribution in [2.75, 3.05) is 19.4 Å². The molecule has 8 heteroatoms. The molecule has 2 aromatic carbocycles. The zero-order chi connectivity index (χ0) is 24.0. The molecule has 0 saturated heterocycles. The largest absolute Gasteiger partial charge is 0.328 e. The van der Waals surface area contributed by atoms with Crippen LogP contribution in [0.25, 0.3) is 11.0 Å². The van der Waals surface area contributed by atoms with Crippen molar-refractivity contribution in [3.05, 3.63) is 53.9 Å². The number of carbonyl (C=O) groups is 1. The van der Waals surface area contributed by atoms with Gasteiger partial charge in [0.15, 0.2) is 0 Å². The molecule has 0 unspecified atom stereocenters. The third-order valence-corrected chi connectivity index (χ3v) is 7.59. The highest BCUT2D eigenvalue weighted by Gasteiger charge is 2.19. The van der Waals surface area contributed by atoms with Gasteiger partial charge in [-0.15, -0.1) is 0 Å². The Hall–Kier alpha value is -2.71. The van der Waals surface area contributed by atoms with Gasteiger partial charge in [0.05, 0.1) is 15.9 Å². The minimum absolute atomic E-state index is 0.0701. The van der Waals surface area contributed by atoms with Gasteiger partial charge in [-0.25, -0.2) is 17.7 Å². The molecule has 3 aromatic rings. The first-order valence-electron chi connectivity index (χ1n) is 11.6. The molecule has 1 amide bonds. The van der Waals surface area contributed by atoms with E-state index in [0.717, 1.165) is 23.4 Å². The number of aryl methyl sites for hydroxylation is 3. The van der Waals surface area contributed by atoms with Crippen LogP contribution in [0.2, 0.25) is 0 Å². The molecule has 0 atom stereocenters. The van der Waals surface area contributed by atoms with E-state index in [4.69, 9.17) is 0 Å². The van der Waals surface area contributed by atoms with E-state index in [1.807, 2.05) is 23.6 Å². The Morgan fingerprint density at radius 2 is 1.76 bits per heavy atom. The van der Waals surface area contributed by atoms with Crippen LogP contribution in [0.4, 0.5) is 5.69 Å². The number of anilines is 1. The maximum absolute atomic E-state index is 12.5. The van der Waals surface area contributed by atoms with Crippen LogP contribution in [-0.4, -0.2) is 42.3 Å². The maximum Gasteiger partial charge on any atom is 0.242 e. The van der Waals surface area contributed by atoms with Crippen LogP contribution in [0, 0.1) is 0 Å². The first-order chi connectivity index (χ1) is 15.8. The molecular formula is C25H34N4O3S. The second-order valence-electron chi connectivity index (χ2n) is 8.41. The summed E-state index contributed by atoms with van der Waals surface area (Å²) in [4.78, 5) is 17.4. The third kappa shape index (κ3) is 6.00. The fourth-order valence-electron chi connectivity index (χ4n) is 3.86. The summed E-state index contributed by atoms with van der Waals surface area (Å²) in [6.45, 7) is 4.89. The predicted molar refractivity (Wildman–Crippen MR) is 133 cm³/mol. The topological polar surface area (TPSA) is 84.3 Å². The molecule has 33 heavy (non-hydrogen) atoms. The number of benzene rings is 2. The van der Waals surface area contributed by atoms with Gasteiger partial charge in [-0.1, -0.05) is 31.9 Å². The average Bonchev–Trinajstić information content (AvgIpc) is 3.15. The first-order valence-corrected chi connectivity index (χ1v) is 13.0. The summed E-state index contributed by atoms with van der Waals surface area (Å²) in [6.07, 6.45) is 5.45. The number of sulfonamides is 1. The number of unbranched alkanes of at least 4 members (excludes halogenated alkanes) is 2. The van der Waals surface area contributed by atoms with E-state index in [9.17, 15) is 13.2 Å². The van der Waals surface area contributed by atoms with E-state index >= 15 is 0 Å². The summed E-state index contributed by atoms with van der Waals surface area (Å²) in [5, 5.41) is 2.96. The summed E-state index contributed by atoms with van der Waals surface area (Å²) in [7, 11) is -0.513. The van der Waals surface area contributed by atoms with Crippen molar-refractivity contribution in [2.45, 2.75) is 63.8 Å². The lowest BCUT2D eigenvalue weighted by atomic mass is 10.1. The molecule has 178 valence electrons. The van der Waals surface area contributed by atoms with Gasteiger partial charge in [-0.05, 0) is 55.7 Å². The lowest BCUT2D eigenvalue weighted by Gasteiger charge is -2.11. The third-order valence-electron chi connectivity index (χ3n) is 5.78. The second kappa shape index (κ2) is 10.9. The molecular weight excluding hydrogens is 436 g/mol. The molecule has 0 fully saturated rings. The highest BCUT2D eigenvalue weighted by molar-refractivity contribution is 7.89. The quantitative estimate of drug-likeness (QED) is 0.415. The SMILES string of the molecule is CCCCCc1ccc(NC(=O)CCc2nc3cc(S(=O)(=O)N(C)C)ccc3n2CC)cc1. The maximum atomic E-state index is 12.5. The van der Waals surface area contributed by atoms with Gasteiger partial charge in [-0.2, -0.15) is 0 Å². The molecule has 7 nitrogen and oxygen atoms in total. The monoisotopic (exact) mass is 470 g/mol. The molecule has 0 saturated carbocycles. The first kappa shape index (κ1) is 24.9. The van der Waals surface area contributed by atoms with Crippen molar-refractivity contribution >= 4 is 32.7 Å². The van der Waals surface area contributed by atoms with Crippen molar-refractivity contribution in [3.63, 3.8) is 0 Å². The number of carbonyl (C=O) groups excluding carboxylic acids is 1. The van der Waals surface area contributed by atoms with E-state index in [-0.39, 0.29) is 10.8 Å². The molecule has 0 aliphatic heterocycles. The van der Waals surface area contributed by atoms with Crippen molar-refractivity contribution < 1.29 is 13.2 Å². The van der Waals surface area contributed by atoms with E-state index in [2.05, 4.69) is 29.4 Å². The van der Waals surface area contributed by atoms with Crippen LogP contribution >= 0.6 is 0 Å². The van der Waals surface area contributed by atoms with E-state index < -0.39 is 10.0 Å². The van der Waals surface area contributed by atoms with Gasteiger partial charge in [0.1, 0.15) is 5.82 Å². The van der Waals surface area contributed by atoms with E-state index in [1.165, 1.54) is 43.2 Å². The second-order valence-corrected chi connectivity index (χ2v) is 10.6.